The molecular formula is C15H21NO3. The molecule has 0 spiro atoms. The summed E-state index contributed by atoms with van der Waals surface area (Å²) >= 11 is 0. The average Bonchev–Trinajstić information content (AvgIpc) is 3.10. The Kier molecular flexibility index (Phi) is 4.30. The van der Waals surface area contributed by atoms with E-state index in [4.69, 9.17) is 9.47 Å². The standard InChI is InChI=1S/C15H21NO3/c1-4-18-11-6-7-14(19-5-2)13(9-11)16-15(17)12-8-10(12)3/h6-7,9-10,12H,4-5,8H2,1-3H3,(H,16,17)/t10-,12+/m0/s1. The molecule has 0 saturated heterocycles. The van der Waals surface area contributed by atoms with Gasteiger partial charge < -0.3 is 14.8 Å². The smallest absolute Gasteiger partial charge is 0.227 e. The van der Waals surface area contributed by atoms with Crippen LogP contribution in [-0.4, -0.2) is 19.1 Å². The van der Waals surface area contributed by atoms with Crippen LogP contribution in [-0.2, 0) is 4.79 Å². The first kappa shape index (κ1) is 13.7. The zero-order valence-electron chi connectivity index (χ0n) is 11.7. The number of ether oxygens (including phenoxy) is 2. The van der Waals surface area contributed by atoms with Gasteiger partial charge in [-0.05, 0) is 38.3 Å². The highest BCUT2D eigenvalue weighted by Gasteiger charge is 2.39. The second kappa shape index (κ2) is 5.95. The highest BCUT2D eigenvalue weighted by atomic mass is 16.5. The van der Waals surface area contributed by atoms with Gasteiger partial charge in [-0.1, -0.05) is 6.92 Å². The Morgan fingerprint density at radius 1 is 1.32 bits per heavy atom. The van der Waals surface area contributed by atoms with Gasteiger partial charge in [0.15, 0.2) is 0 Å². The summed E-state index contributed by atoms with van der Waals surface area (Å²) < 4.78 is 11.0. The lowest BCUT2D eigenvalue weighted by Gasteiger charge is -2.13. The van der Waals surface area contributed by atoms with Crippen molar-refractivity contribution in [3.63, 3.8) is 0 Å². The van der Waals surface area contributed by atoms with E-state index in [1.165, 1.54) is 0 Å². The number of carbonyl (C=O) groups is 1. The number of nitrogens with one attached hydrogen (secondary N) is 1. The predicted molar refractivity (Wildman–Crippen MR) is 74.7 cm³/mol. The van der Waals surface area contributed by atoms with Gasteiger partial charge in [-0.15, -0.1) is 0 Å². The van der Waals surface area contributed by atoms with Crippen LogP contribution in [0.3, 0.4) is 0 Å². The third kappa shape index (κ3) is 3.40. The maximum atomic E-state index is 12.0. The lowest BCUT2D eigenvalue weighted by molar-refractivity contribution is -0.117. The summed E-state index contributed by atoms with van der Waals surface area (Å²) in [5.74, 6) is 2.13. The van der Waals surface area contributed by atoms with Gasteiger partial charge in [-0.2, -0.15) is 0 Å². The van der Waals surface area contributed by atoms with Crippen molar-refractivity contribution in [1.82, 2.24) is 0 Å². The molecule has 1 N–H and O–H groups in total. The van der Waals surface area contributed by atoms with Gasteiger partial charge >= 0.3 is 0 Å². The van der Waals surface area contributed by atoms with Crippen LogP contribution >= 0.6 is 0 Å². The van der Waals surface area contributed by atoms with Crippen LogP contribution in [0.15, 0.2) is 18.2 Å². The van der Waals surface area contributed by atoms with Crippen LogP contribution in [0, 0.1) is 11.8 Å². The Bertz CT molecular complexity index is 459. The van der Waals surface area contributed by atoms with E-state index in [1.54, 1.807) is 0 Å². The molecule has 2 rings (SSSR count). The molecular weight excluding hydrogens is 242 g/mol. The molecule has 0 aliphatic heterocycles. The number of hydrogen-bond acceptors (Lipinski definition) is 3. The van der Waals surface area contributed by atoms with Gasteiger partial charge in [0.1, 0.15) is 11.5 Å². The average molecular weight is 263 g/mol. The van der Waals surface area contributed by atoms with Crippen molar-refractivity contribution >= 4 is 11.6 Å². The molecule has 1 fully saturated rings. The first-order chi connectivity index (χ1) is 9.15. The van der Waals surface area contributed by atoms with E-state index in [-0.39, 0.29) is 11.8 Å². The molecule has 0 bridgehead atoms. The van der Waals surface area contributed by atoms with Crippen molar-refractivity contribution in [3.8, 4) is 11.5 Å². The maximum absolute atomic E-state index is 12.0. The van der Waals surface area contributed by atoms with Crippen molar-refractivity contribution in [3.05, 3.63) is 18.2 Å². The van der Waals surface area contributed by atoms with Crippen LogP contribution in [0.4, 0.5) is 5.69 Å². The minimum absolute atomic E-state index is 0.0714. The van der Waals surface area contributed by atoms with Gasteiger partial charge in [0, 0.05) is 12.0 Å². The molecule has 1 aliphatic rings. The maximum Gasteiger partial charge on any atom is 0.227 e. The zero-order valence-corrected chi connectivity index (χ0v) is 11.7. The Morgan fingerprint density at radius 2 is 2.00 bits per heavy atom. The number of carbonyl (C=O) groups excluding carboxylic acids is 1. The van der Waals surface area contributed by atoms with E-state index in [0.717, 1.165) is 12.2 Å². The van der Waals surface area contributed by atoms with Gasteiger partial charge in [0.25, 0.3) is 0 Å². The number of hydrogen-bond donors (Lipinski definition) is 1. The van der Waals surface area contributed by atoms with Crippen LogP contribution in [0.1, 0.15) is 27.2 Å². The van der Waals surface area contributed by atoms with E-state index in [9.17, 15) is 4.79 Å². The van der Waals surface area contributed by atoms with Crippen molar-refractivity contribution < 1.29 is 14.3 Å². The summed E-state index contributed by atoms with van der Waals surface area (Å²) in [6.07, 6.45) is 0.973. The lowest BCUT2D eigenvalue weighted by Crippen LogP contribution is -2.15. The third-order valence-electron chi connectivity index (χ3n) is 3.27. The minimum Gasteiger partial charge on any atom is -0.494 e. The van der Waals surface area contributed by atoms with Crippen LogP contribution in [0.5, 0.6) is 11.5 Å². The SMILES string of the molecule is CCOc1ccc(OCC)c(NC(=O)[C@@H]2C[C@@H]2C)c1. The molecule has 0 radical (unpaired) electrons. The molecule has 4 nitrogen and oxygen atoms in total. The van der Waals surface area contributed by atoms with E-state index >= 15 is 0 Å². The van der Waals surface area contributed by atoms with Crippen molar-refractivity contribution in [2.45, 2.75) is 27.2 Å². The lowest BCUT2D eigenvalue weighted by atomic mass is 10.2. The van der Waals surface area contributed by atoms with Crippen molar-refractivity contribution in [2.75, 3.05) is 18.5 Å². The molecule has 104 valence electrons. The minimum atomic E-state index is 0.0714. The summed E-state index contributed by atoms with van der Waals surface area (Å²) in [4.78, 5) is 12.0. The van der Waals surface area contributed by atoms with Gasteiger partial charge in [-0.3, -0.25) is 4.79 Å². The first-order valence-corrected chi connectivity index (χ1v) is 6.86. The van der Waals surface area contributed by atoms with E-state index < -0.39 is 0 Å². The second-order valence-electron chi connectivity index (χ2n) is 4.83. The van der Waals surface area contributed by atoms with E-state index in [1.807, 2.05) is 32.0 Å². The van der Waals surface area contributed by atoms with Crippen molar-refractivity contribution in [1.29, 1.82) is 0 Å². The summed E-state index contributed by atoms with van der Waals surface area (Å²) in [7, 11) is 0. The van der Waals surface area contributed by atoms with Gasteiger partial charge in [-0.25, -0.2) is 0 Å². The zero-order chi connectivity index (χ0) is 13.8. The van der Waals surface area contributed by atoms with Gasteiger partial charge in [0.2, 0.25) is 5.91 Å². The fourth-order valence-electron chi connectivity index (χ4n) is 2.06. The summed E-state index contributed by atoms with van der Waals surface area (Å²) in [5, 5.41) is 2.94. The Balaban J connectivity index is 2.14. The molecule has 19 heavy (non-hydrogen) atoms. The number of rotatable bonds is 6. The molecule has 0 aromatic heterocycles. The van der Waals surface area contributed by atoms with Crippen molar-refractivity contribution in [2.24, 2.45) is 11.8 Å². The Labute approximate surface area is 114 Å². The highest BCUT2D eigenvalue weighted by Crippen LogP contribution is 2.39. The topological polar surface area (TPSA) is 47.6 Å². The molecule has 1 saturated carbocycles. The number of anilines is 1. The molecule has 0 heterocycles. The molecule has 1 amide bonds. The Hall–Kier alpha value is -1.71. The Morgan fingerprint density at radius 3 is 2.58 bits per heavy atom. The third-order valence-corrected chi connectivity index (χ3v) is 3.27. The monoisotopic (exact) mass is 263 g/mol. The van der Waals surface area contributed by atoms with Crippen LogP contribution < -0.4 is 14.8 Å². The number of benzene rings is 1. The van der Waals surface area contributed by atoms with E-state index in [2.05, 4.69) is 12.2 Å². The molecule has 2 atom stereocenters. The molecule has 4 heteroatoms. The summed E-state index contributed by atoms with van der Waals surface area (Å²) in [5.41, 5.74) is 0.692. The largest absolute Gasteiger partial charge is 0.494 e. The normalized spacial score (nSPS) is 20.8. The molecule has 1 aromatic carbocycles. The van der Waals surface area contributed by atoms with Crippen LogP contribution in [0.25, 0.3) is 0 Å². The molecule has 1 aliphatic carbocycles. The molecule has 0 unspecified atom stereocenters. The first-order valence-electron chi connectivity index (χ1n) is 6.86. The quantitative estimate of drug-likeness (QED) is 0.858. The fraction of sp³-hybridized carbons (Fsp3) is 0.533. The van der Waals surface area contributed by atoms with Crippen LogP contribution in [0.2, 0.25) is 0 Å². The second-order valence-corrected chi connectivity index (χ2v) is 4.83. The van der Waals surface area contributed by atoms with E-state index in [0.29, 0.717) is 30.6 Å². The summed E-state index contributed by atoms with van der Waals surface area (Å²) in [6.45, 7) is 7.10. The highest BCUT2D eigenvalue weighted by molar-refractivity contribution is 5.95. The number of amides is 1. The molecule has 1 aromatic rings. The summed E-state index contributed by atoms with van der Waals surface area (Å²) in [6, 6.07) is 5.50. The fourth-order valence-corrected chi connectivity index (χ4v) is 2.06. The predicted octanol–water partition coefficient (Wildman–Crippen LogP) is 3.08. The van der Waals surface area contributed by atoms with Gasteiger partial charge in [0.05, 0.1) is 18.9 Å².